The molecular formula is C18H23N3OS. The third-order valence-electron chi connectivity index (χ3n) is 3.16. The average Bonchev–Trinajstić information content (AvgIpc) is 2.53. The smallest absolute Gasteiger partial charge is 0.170 e. The Hall–Kier alpha value is -2.14. The van der Waals surface area contributed by atoms with Gasteiger partial charge in [0.2, 0.25) is 0 Å². The zero-order valence-corrected chi connectivity index (χ0v) is 14.4. The molecule has 2 aromatic rings. The second-order valence-corrected chi connectivity index (χ2v) is 5.94. The predicted molar refractivity (Wildman–Crippen MR) is 99.0 cm³/mol. The van der Waals surface area contributed by atoms with Crippen LogP contribution in [-0.4, -0.2) is 22.7 Å². The number of aryl methyl sites for hydroxylation is 1. The van der Waals surface area contributed by atoms with Crippen LogP contribution in [0.4, 0.5) is 5.69 Å². The minimum atomic E-state index is 0.207. The number of nitrogens with zero attached hydrogens (tertiary/aromatic N) is 1. The molecule has 0 unspecified atom stereocenters. The second-order valence-electron chi connectivity index (χ2n) is 5.53. The van der Waals surface area contributed by atoms with Gasteiger partial charge in [-0.1, -0.05) is 12.1 Å². The van der Waals surface area contributed by atoms with Crippen molar-refractivity contribution in [3.05, 3.63) is 54.4 Å². The highest BCUT2D eigenvalue weighted by atomic mass is 32.1. The lowest BCUT2D eigenvalue weighted by molar-refractivity contribution is 0.242. The lowest BCUT2D eigenvalue weighted by Crippen LogP contribution is -2.29. The number of rotatable bonds is 7. The molecule has 0 amide bonds. The van der Waals surface area contributed by atoms with Gasteiger partial charge in [0.15, 0.2) is 5.11 Å². The van der Waals surface area contributed by atoms with E-state index in [4.69, 9.17) is 17.0 Å². The molecule has 0 aliphatic heterocycles. The molecule has 0 spiro atoms. The van der Waals surface area contributed by atoms with Gasteiger partial charge in [0, 0.05) is 24.6 Å². The Bertz CT molecular complexity index is 599. The maximum atomic E-state index is 5.64. The number of hydrogen-bond donors (Lipinski definition) is 2. The van der Waals surface area contributed by atoms with Crippen LogP contribution < -0.4 is 15.4 Å². The SMILES string of the molecule is CC(C)Oc1ccc(CCCNC(=S)Nc2ccncc2)cc1. The Labute approximate surface area is 143 Å². The number of anilines is 1. The van der Waals surface area contributed by atoms with Crippen LogP contribution >= 0.6 is 12.2 Å². The molecule has 0 aliphatic carbocycles. The molecule has 23 heavy (non-hydrogen) atoms. The zero-order chi connectivity index (χ0) is 16.5. The van der Waals surface area contributed by atoms with Gasteiger partial charge in [0.25, 0.3) is 0 Å². The van der Waals surface area contributed by atoms with Gasteiger partial charge < -0.3 is 15.4 Å². The van der Waals surface area contributed by atoms with Crippen molar-refractivity contribution in [1.29, 1.82) is 0 Å². The largest absolute Gasteiger partial charge is 0.491 e. The van der Waals surface area contributed by atoms with E-state index in [9.17, 15) is 0 Å². The van der Waals surface area contributed by atoms with Gasteiger partial charge >= 0.3 is 0 Å². The van der Waals surface area contributed by atoms with Crippen LogP contribution in [-0.2, 0) is 6.42 Å². The van der Waals surface area contributed by atoms with Crippen molar-refractivity contribution in [3.8, 4) is 5.75 Å². The summed E-state index contributed by atoms with van der Waals surface area (Å²) in [5.41, 5.74) is 2.24. The zero-order valence-electron chi connectivity index (χ0n) is 13.6. The molecule has 0 saturated heterocycles. The number of pyridine rings is 1. The summed E-state index contributed by atoms with van der Waals surface area (Å²) in [7, 11) is 0. The summed E-state index contributed by atoms with van der Waals surface area (Å²) in [6.45, 7) is 4.89. The lowest BCUT2D eigenvalue weighted by Gasteiger charge is -2.11. The Kier molecular flexibility index (Phi) is 6.81. The molecule has 2 rings (SSSR count). The van der Waals surface area contributed by atoms with Crippen LogP contribution in [0.5, 0.6) is 5.75 Å². The molecule has 1 heterocycles. The highest BCUT2D eigenvalue weighted by Crippen LogP contribution is 2.14. The van der Waals surface area contributed by atoms with Crippen LogP contribution in [0.25, 0.3) is 0 Å². The van der Waals surface area contributed by atoms with Crippen molar-refractivity contribution in [2.75, 3.05) is 11.9 Å². The van der Waals surface area contributed by atoms with E-state index in [-0.39, 0.29) is 6.10 Å². The number of benzene rings is 1. The van der Waals surface area contributed by atoms with Crippen molar-refractivity contribution < 1.29 is 4.74 Å². The van der Waals surface area contributed by atoms with Gasteiger partial charge in [-0.25, -0.2) is 0 Å². The highest BCUT2D eigenvalue weighted by molar-refractivity contribution is 7.80. The fourth-order valence-electron chi connectivity index (χ4n) is 2.11. The third kappa shape index (κ3) is 6.65. The molecule has 0 radical (unpaired) electrons. The minimum Gasteiger partial charge on any atom is -0.491 e. The molecule has 1 aromatic carbocycles. The summed E-state index contributed by atoms with van der Waals surface area (Å²) in [6.07, 6.45) is 5.70. The van der Waals surface area contributed by atoms with E-state index in [2.05, 4.69) is 27.8 Å². The molecule has 4 nitrogen and oxygen atoms in total. The Balaban J connectivity index is 1.66. The Morgan fingerprint density at radius 2 is 1.83 bits per heavy atom. The lowest BCUT2D eigenvalue weighted by atomic mass is 10.1. The Morgan fingerprint density at radius 3 is 2.48 bits per heavy atom. The van der Waals surface area contributed by atoms with Crippen molar-refractivity contribution >= 4 is 23.0 Å². The van der Waals surface area contributed by atoms with E-state index < -0.39 is 0 Å². The fourth-order valence-corrected chi connectivity index (χ4v) is 2.33. The molecule has 122 valence electrons. The van der Waals surface area contributed by atoms with Crippen LogP contribution in [0.3, 0.4) is 0 Å². The van der Waals surface area contributed by atoms with Gasteiger partial charge in [-0.3, -0.25) is 4.98 Å². The van der Waals surface area contributed by atoms with E-state index in [1.165, 1.54) is 5.56 Å². The number of ether oxygens (including phenoxy) is 1. The molecule has 0 bridgehead atoms. The Morgan fingerprint density at radius 1 is 1.13 bits per heavy atom. The van der Waals surface area contributed by atoms with E-state index in [1.54, 1.807) is 12.4 Å². The standard InChI is InChI=1S/C18H23N3OS/c1-14(2)22-17-7-5-15(6-8-17)4-3-11-20-18(23)21-16-9-12-19-13-10-16/h5-10,12-14H,3-4,11H2,1-2H3,(H2,19,20,21,23). The van der Waals surface area contributed by atoms with Gasteiger partial charge in [-0.05, 0) is 68.7 Å². The molecule has 1 aromatic heterocycles. The van der Waals surface area contributed by atoms with E-state index in [0.717, 1.165) is 30.8 Å². The van der Waals surface area contributed by atoms with Crippen molar-refractivity contribution in [3.63, 3.8) is 0 Å². The van der Waals surface area contributed by atoms with Crippen molar-refractivity contribution in [2.24, 2.45) is 0 Å². The first-order chi connectivity index (χ1) is 11.1. The fraction of sp³-hybridized carbons (Fsp3) is 0.333. The molecular weight excluding hydrogens is 306 g/mol. The first-order valence-electron chi connectivity index (χ1n) is 7.84. The summed E-state index contributed by atoms with van der Waals surface area (Å²) in [5.74, 6) is 0.921. The number of hydrogen-bond acceptors (Lipinski definition) is 3. The average molecular weight is 329 g/mol. The normalized spacial score (nSPS) is 10.4. The minimum absolute atomic E-state index is 0.207. The molecule has 5 heteroatoms. The van der Waals surface area contributed by atoms with Gasteiger partial charge in [0.05, 0.1) is 6.10 Å². The van der Waals surface area contributed by atoms with E-state index in [0.29, 0.717) is 5.11 Å². The van der Waals surface area contributed by atoms with Crippen molar-refractivity contribution in [1.82, 2.24) is 10.3 Å². The van der Waals surface area contributed by atoms with Gasteiger partial charge in [-0.2, -0.15) is 0 Å². The van der Waals surface area contributed by atoms with Crippen LogP contribution in [0.2, 0.25) is 0 Å². The maximum Gasteiger partial charge on any atom is 0.170 e. The summed E-state index contributed by atoms with van der Waals surface area (Å²) >= 11 is 5.26. The molecule has 0 saturated carbocycles. The number of aromatic nitrogens is 1. The molecule has 2 N–H and O–H groups in total. The third-order valence-corrected chi connectivity index (χ3v) is 3.41. The molecule has 0 atom stereocenters. The van der Waals surface area contributed by atoms with Crippen LogP contribution in [0.1, 0.15) is 25.8 Å². The first-order valence-corrected chi connectivity index (χ1v) is 8.25. The summed E-state index contributed by atoms with van der Waals surface area (Å²) in [6, 6.07) is 12.1. The second kappa shape index (κ2) is 9.10. The van der Waals surface area contributed by atoms with E-state index >= 15 is 0 Å². The summed E-state index contributed by atoms with van der Waals surface area (Å²) in [4.78, 5) is 3.97. The number of thiocarbonyl (C=S) groups is 1. The topological polar surface area (TPSA) is 46.2 Å². The van der Waals surface area contributed by atoms with E-state index in [1.807, 2.05) is 38.1 Å². The van der Waals surface area contributed by atoms with Gasteiger partial charge in [-0.15, -0.1) is 0 Å². The van der Waals surface area contributed by atoms with Crippen LogP contribution in [0, 0.1) is 0 Å². The number of nitrogens with one attached hydrogen (secondary N) is 2. The first kappa shape index (κ1) is 17.2. The van der Waals surface area contributed by atoms with Crippen molar-refractivity contribution in [2.45, 2.75) is 32.8 Å². The molecule has 0 fully saturated rings. The summed E-state index contributed by atoms with van der Waals surface area (Å²) < 4.78 is 5.64. The van der Waals surface area contributed by atoms with Gasteiger partial charge in [0.1, 0.15) is 5.75 Å². The monoisotopic (exact) mass is 329 g/mol. The molecule has 0 aliphatic rings. The quantitative estimate of drug-likeness (QED) is 0.598. The maximum absolute atomic E-state index is 5.64. The van der Waals surface area contributed by atoms with Crippen LogP contribution in [0.15, 0.2) is 48.8 Å². The highest BCUT2D eigenvalue weighted by Gasteiger charge is 2.00. The predicted octanol–water partition coefficient (Wildman–Crippen LogP) is 3.79. The summed E-state index contributed by atoms with van der Waals surface area (Å²) in [5, 5.41) is 6.98.